The fourth-order valence-corrected chi connectivity index (χ4v) is 2.98. The lowest BCUT2D eigenvalue weighted by Crippen LogP contribution is -2.29. The van der Waals surface area contributed by atoms with Crippen LogP contribution in [0.25, 0.3) is 0 Å². The van der Waals surface area contributed by atoms with Gasteiger partial charge < -0.3 is 5.32 Å². The number of sulfonamides is 1. The first-order valence-corrected chi connectivity index (χ1v) is 8.91. The Bertz CT molecular complexity index is 848. The molecule has 126 valence electrons. The molecule has 0 radical (unpaired) electrons. The molecule has 7 heteroatoms. The van der Waals surface area contributed by atoms with Crippen molar-refractivity contribution in [2.24, 2.45) is 0 Å². The number of carbonyl (C=O) groups is 1. The Morgan fingerprint density at radius 3 is 2.46 bits per heavy atom. The minimum Gasteiger partial charge on any atom is -0.322 e. The van der Waals surface area contributed by atoms with Gasteiger partial charge in [0.1, 0.15) is 5.82 Å². The molecule has 0 fully saturated rings. The maximum absolute atomic E-state index is 13.1. The average molecular weight is 348 g/mol. The summed E-state index contributed by atoms with van der Waals surface area (Å²) in [5.74, 6) is -0.863. The summed E-state index contributed by atoms with van der Waals surface area (Å²) in [5.41, 5.74) is 1.10. The molecule has 0 aliphatic carbocycles. The van der Waals surface area contributed by atoms with Crippen LogP contribution in [-0.4, -0.2) is 27.1 Å². The van der Waals surface area contributed by atoms with Gasteiger partial charge in [-0.3, -0.25) is 9.10 Å². The van der Waals surface area contributed by atoms with Gasteiger partial charge in [-0.15, -0.1) is 6.58 Å². The molecule has 2 aromatic rings. The Balaban J connectivity index is 2.19. The summed E-state index contributed by atoms with van der Waals surface area (Å²) in [6.07, 6.45) is 2.58. The molecule has 2 rings (SSSR count). The van der Waals surface area contributed by atoms with E-state index in [0.717, 1.165) is 6.26 Å². The number of hydrogen-bond donors (Lipinski definition) is 1. The van der Waals surface area contributed by atoms with Crippen molar-refractivity contribution in [1.82, 2.24) is 0 Å². The average Bonchev–Trinajstić information content (AvgIpc) is 2.52. The third-order valence-corrected chi connectivity index (χ3v) is 4.36. The summed E-state index contributed by atoms with van der Waals surface area (Å²) in [5, 5.41) is 2.58. The van der Waals surface area contributed by atoms with Gasteiger partial charge in [-0.2, -0.15) is 0 Å². The van der Waals surface area contributed by atoms with Crippen molar-refractivity contribution in [2.45, 2.75) is 0 Å². The van der Waals surface area contributed by atoms with Crippen LogP contribution in [0.1, 0.15) is 10.4 Å². The van der Waals surface area contributed by atoms with E-state index in [1.807, 2.05) is 0 Å². The molecule has 5 nitrogen and oxygen atoms in total. The van der Waals surface area contributed by atoms with E-state index in [-0.39, 0.29) is 6.54 Å². The van der Waals surface area contributed by atoms with Gasteiger partial charge in [0, 0.05) is 11.3 Å². The quantitative estimate of drug-likeness (QED) is 0.816. The molecule has 0 heterocycles. The van der Waals surface area contributed by atoms with E-state index < -0.39 is 21.7 Å². The predicted molar refractivity (Wildman–Crippen MR) is 93.2 cm³/mol. The Morgan fingerprint density at radius 2 is 1.92 bits per heavy atom. The van der Waals surface area contributed by atoms with E-state index in [4.69, 9.17) is 0 Å². The molecule has 0 unspecified atom stereocenters. The minimum atomic E-state index is -3.45. The molecule has 0 saturated heterocycles. The number of amides is 1. The second-order valence-electron chi connectivity index (χ2n) is 5.09. The number of halogens is 1. The molecule has 0 spiro atoms. The van der Waals surface area contributed by atoms with Gasteiger partial charge in [-0.1, -0.05) is 12.1 Å². The Kier molecular flexibility index (Phi) is 5.35. The summed E-state index contributed by atoms with van der Waals surface area (Å²) >= 11 is 0. The predicted octanol–water partition coefficient (Wildman–Crippen LogP) is 3.03. The highest BCUT2D eigenvalue weighted by atomic mass is 32.2. The highest BCUT2D eigenvalue weighted by Crippen LogP contribution is 2.19. The van der Waals surface area contributed by atoms with E-state index in [9.17, 15) is 17.6 Å². The summed E-state index contributed by atoms with van der Waals surface area (Å²) in [7, 11) is -3.45. The number of nitrogens with one attached hydrogen (secondary N) is 1. The molecule has 0 atom stereocenters. The number of benzene rings is 2. The lowest BCUT2D eigenvalue weighted by atomic mass is 10.2. The molecule has 1 N–H and O–H groups in total. The minimum absolute atomic E-state index is 0.133. The van der Waals surface area contributed by atoms with E-state index in [1.54, 1.807) is 6.07 Å². The largest absolute Gasteiger partial charge is 0.322 e. The number of carbonyl (C=O) groups excluding carboxylic acids is 1. The SMILES string of the molecule is C=CCN(c1ccc(C(=O)Nc2cccc(F)c2)cc1)S(C)(=O)=O. The van der Waals surface area contributed by atoms with Crippen molar-refractivity contribution >= 4 is 27.3 Å². The van der Waals surface area contributed by atoms with E-state index in [0.29, 0.717) is 16.9 Å². The smallest absolute Gasteiger partial charge is 0.255 e. The van der Waals surface area contributed by atoms with Crippen LogP contribution >= 0.6 is 0 Å². The molecule has 0 saturated carbocycles. The maximum atomic E-state index is 13.1. The van der Waals surface area contributed by atoms with Crippen LogP contribution in [0, 0.1) is 5.82 Å². The standard InChI is InChI=1S/C17H17FN2O3S/c1-3-11-20(24(2,22)23)16-9-7-13(8-10-16)17(21)19-15-6-4-5-14(18)12-15/h3-10,12H,1,11H2,2H3,(H,19,21). The first-order chi connectivity index (χ1) is 11.3. The molecule has 0 bridgehead atoms. The normalized spacial score (nSPS) is 10.9. The van der Waals surface area contributed by atoms with Gasteiger partial charge in [0.15, 0.2) is 0 Å². The van der Waals surface area contributed by atoms with Crippen LogP contribution in [-0.2, 0) is 10.0 Å². The van der Waals surface area contributed by atoms with Crippen LogP contribution in [0.15, 0.2) is 61.2 Å². The van der Waals surface area contributed by atoms with Gasteiger partial charge in [0.05, 0.1) is 18.5 Å². The van der Waals surface area contributed by atoms with Crippen LogP contribution in [0.3, 0.4) is 0 Å². The van der Waals surface area contributed by atoms with Gasteiger partial charge >= 0.3 is 0 Å². The highest BCUT2D eigenvalue weighted by Gasteiger charge is 2.16. The number of anilines is 2. The second-order valence-corrected chi connectivity index (χ2v) is 7.00. The van der Waals surface area contributed by atoms with E-state index in [2.05, 4.69) is 11.9 Å². The Hall–Kier alpha value is -2.67. The van der Waals surface area contributed by atoms with E-state index >= 15 is 0 Å². The van der Waals surface area contributed by atoms with Gasteiger partial charge in [-0.05, 0) is 42.5 Å². The highest BCUT2D eigenvalue weighted by molar-refractivity contribution is 7.92. The molecule has 1 amide bonds. The lowest BCUT2D eigenvalue weighted by Gasteiger charge is -2.20. The summed E-state index contributed by atoms with van der Waals surface area (Å²) in [4.78, 5) is 12.1. The zero-order chi connectivity index (χ0) is 17.7. The third kappa shape index (κ3) is 4.42. The van der Waals surface area contributed by atoms with Crippen LogP contribution in [0.4, 0.5) is 15.8 Å². The first kappa shape index (κ1) is 17.7. The Morgan fingerprint density at radius 1 is 1.25 bits per heavy atom. The van der Waals surface area contributed by atoms with Crippen molar-refractivity contribution < 1.29 is 17.6 Å². The summed E-state index contributed by atoms with van der Waals surface area (Å²) in [6.45, 7) is 3.67. The van der Waals surface area contributed by atoms with Gasteiger partial charge in [0.25, 0.3) is 5.91 Å². The monoisotopic (exact) mass is 348 g/mol. The van der Waals surface area contributed by atoms with Crippen molar-refractivity contribution in [3.05, 3.63) is 72.6 Å². The molecular formula is C17H17FN2O3S. The van der Waals surface area contributed by atoms with Crippen LogP contribution < -0.4 is 9.62 Å². The number of hydrogen-bond acceptors (Lipinski definition) is 3. The van der Waals surface area contributed by atoms with Crippen LogP contribution in [0.2, 0.25) is 0 Å². The van der Waals surface area contributed by atoms with Crippen molar-refractivity contribution in [3.8, 4) is 0 Å². The molecule has 24 heavy (non-hydrogen) atoms. The fraction of sp³-hybridized carbons (Fsp3) is 0.118. The lowest BCUT2D eigenvalue weighted by molar-refractivity contribution is 0.102. The molecule has 0 aliphatic rings. The summed E-state index contributed by atoms with van der Waals surface area (Å²) in [6, 6.07) is 11.6. The number of nitrogens with zero attached hydrogens (tertiary/aromatic N) is 1. The maximum Gasteiger partial charge on any atom is 0.255 e. The molecule has 0 aliphatic heterocycles. The second kappa shape index (κ2) is 7.27. The zero-order valence-corrected chi connectivity index (χ0v) is 13.9. The molecule has 0 aromatic heterocycles. The first-order valence-electron chi connectivity index (χ1n) is 7.07. The Labute approximate surface area is 140 Å². The van der Waals surface area contributed by atoms with Crippen LogP contribution in [0.5, 0.6) is 0 Å². The van der Waals surface area contributed by atoms with Crippen molar-refractivity contribution in [1.29, 1.82) is 0 Å². The van der Waals surface area contributed by atoms with Gasteiger partial charge in [0.2, 0.25) is 10.0 Å². The molecular weight excluding hydrogens is 331 g/mol. The number of rotatable bonds is 6. The topological polar surface area (TPSA) is 66.5 Å². The molecule has 2 aromatic carbocycles. The van der Waals surface area contributed by atoms with E-state index in [1.165, 1.54) is 52.8 Å². The zero-order valence-electron chi connectivity index (χ0n) is 13.1. The van der Waals surface area contributed by atoms with Gasteiger partial charge in [-0.25, -0.2) is 12.8 Å². The van der Waals surface area contributed by atoms with Crippen molar-refractivity contribution in [3.63, 3.8) is 0 Å². The third-order valence-electron chi connectivity index (χ3n) is 3.20. The summed E-state index contributed by atoms with van der Waals surface area (Å²) < 4.78 is 37.9. The van der Waals surface area contributed by atoms with Crippen molar-refractivity contribution in [2.75, 3.05) is 22.4 Å². The fourth-order valence-electron chi connectivity index (χ4n) is 2.10.